The van der Waals surface area contributed by atoms with E-state index in [4.69, 9.17) is 28.2 Å². The van der Waals surface area contributed by atoms with Gasteiger partial charge in [-0.05, 0) is 44.4 Å². The van der Waals surface area contributed by atoms with E-state index < -0.39 is 0 Å². The van der Waals surface area contributed by atoms with Crippen LogP contribution in [0.5, 0.6) is 0 Å². The summed E-state index contributed by atoms with van der Waals surface area (Å²) in [6.07, 6.45) is 3.74. The van der Waals surface area contributed by atoms with Crippen LogP contribution in [-0.4, -0.2) is 21.0 Å². The molecule has 2 aromatic rings. The third-order valence-corrected chi connectivity index (χ3v) is 3.96. The molecule has 0 unspecified atom stereocenters. The highest BCUT2D eigenvalue weighted by Gasteiger charge is 2.16. The lowest BCUT2D eigenvalue weighted by Crippen LogP contribution is -2.29. The van der Waals surface area contributed by atoms with Crippen molar-refractivity contribution in [3.05, 3.63) is 40.6 Å². The van der Waals surface area contributed by atoms with Crippen molar-refractivity contribution in [2.24, 2.45) is 10.4 Å². The fourth-order valence-electron chi connectivity index (χ4n) is 2.31. The fourth-order valence-corrected chi connectivity index (χ4v) is 2.61. The zero-order chi connectivity index (χ0) is 19.5. The summed E-state index contributed by atoms with van der Waals surface area (Å²) in [6.45, 7) is 13.5. The van der Waals surface area contributed by atoms with E-state index in [1.807, 2.05) is 33.0 Å². The Labute approximate surface area is 165 Å². The number of anilines is 2. The topological polar surface area (TPSA) is 54.2 Å². The van der Waals surface area contributed by atoms with Crippen LogP contribution in [0.15, 0.2) is 35.6 Å². The van der Waals surface area contributed by atoms with Gasteiger partial charge < -0.3 is 9.88 Å². The standard InChI is InChI=1S/C19H27Cl2N5/c1-18(2,3)12-26-10-9-22-17(26)24-16(25-19(4,5)6)23-13-7-8-14(20)15(21)11-13/h7-11H,12H2,1-6H3,(H2,22,23,24,25). The Kier molecular flexibility index (Phi) is 6.25. The zero-order valence-electron chi connectivity index (χ0n) is 16.2. The second kappa shape index (κ2) is 7.89. The third-order valence-electron chi connectivity index (χ3n) is 3.22. The molecule has 7 heteroatoms. The number of imidazole rings is 1. The first kappa shape index (κ1) is 20.6. The first-order valence-electron chi connectivity index (χ1n) is 8.53. The van der Waals surface area contributed by atoms with Crippen LogP contribution >= 0.6 is 23.2 Å². The molecule has 0 radical (unpaired) electrons. The molecule has 0 amide bonds. The van der Waals surface area contributed by atoms with Gasteiger partial charge in [0, 0.05) is 24.6 Å². The second-order valence-electron chi connectivity index (χ2n) is 8.45. The minimum Gasteiger partial charge on any atom is -0.326 e. The van der Waals surface area contributed by atoms with E-state index in [9.17, 15) is 0 Å². The molecule has 0 bridgehead atoms. The minimum atomic E-state index is -0.271. The van der Waals surface area contributed by atoms with Gasteiger partial charge in [0.2, 0.25) is 11.9 Å². The number of halogens is 2. The van der Waals surface area contributed by atoms with Crippen molar-refractivity contribution in [2.45, 2.75) is 53.6 Å². The van der Waals surface area contributed by atoms with E-state index in [1.165, 1.54) is 0 Å². The van der Waals surface area contributed by atoms with Crippen LogP contribution < -0.4 is 10.6 Å². The summed E-state index contributed by atoms with van der Waals surface area (Å²) in [7, 11) is 0. The molecular weight excluding hydrogens is 369 g/mol. The molecule has 0 spiro atoms. The predicted molar refractivity (Wildman–Crippen MR) is 113 cm³/mol. The van der Waals surface area contributed by atoms with Gasteiger partial charge in [0.15, 0.2) is 0 Å². The van der Waals surface area contributed by atoms with E-state index in [2.05, 4.69) is 41.0 Å². The lowest BCUT2D eigenvalue weighted by molar-refractivity contribution is 0.346. The average molecular weight is 396 g/mol. The van der Waals surface area contributed by atoms with Crippen LogP contribution in [0.4, 0.5) is 11.6 Å². The van der Waals surface area contributed by atoms with E-state index >= 15 is 0 Å². The summed E-state index contributed by atoms with van der Waals surface area (Å²) in [5.74, 6) is 1.33. The van der Waals surface area contributed by atoms with Gasteiger partial charge in [0.05, 0.1) is 15.6 Å². The summed E-state index contributed by atoms with van der Waals surface area (Å²) < 4.78 is 2.08. The fraction of sp³-hybridized carbons (Fsp3) is 0.474. The summed E-state index contributed by atoms with van der Waals surface area (Å²) >= 11 is 12.1. The maximum atomic E-state index is 6.12. The summed E-state index contributed by atoms with van der Waals surface area (Å²) in [4.78, 5) is 9.16. The van der Waals surface area contributed by atoms with Crippen LogP contribution in [0.2, 0.25) is 10.0 Å². The first-order chi connectivity index (χ1) is 11.9. The molecule has 0 aliphatic heterocycles. The Morgan fingerprint density at radius 1 is 1.08 bits per heavy atom. The van der Waals surface area contributed by atoms with Crippen molar-refractivity contribution >= 4 is 40.8 Å². The number of aromatic nitrogens is 2. The molecule has 0 saturated carbocycles. The molecule has 1 aromatic carbocycles. The number of guanidine groups is 1. The second-order valence-corrected chi connectivity index (χ2v) is 9.26. The minimum absolute atomic E-state index is 0.135. The molecule has 0 atom stereocenters. The largest absolute Gasteiger partial charge is 0.326 e. The number of hydrogen-bond acceptors (Lipinski definition) is 2. The van der Waals surface area contributed by atoms with Crippen molar-refractivity contribution < 1.29 is 0 Å². The number of rotatable bonds is 3. The van der Waals surface area contributed by atoms with E-state index in [1.54, 1.807) is 18.3 Å². The van der Waals surface area contributed by atoms with Gasteiger partial charge >= 0.3 is 0 Å². The Morgan fingerprint density at radius 3 is 2.35 bits per heavy atom. The first-order valence-corrected chi connectivity index (χ1v) is 9.29. The number of nitrogens with one attached hydrogen (secondary N) is 2. The summed E-state index contributed by atoms with van der Waals surface area (Å²) in [5, 5.41) is 7.58. The van der Waals surface area contributed by atoms with E-state index in [-0.39, 0.29) is 11.0 Å². The van der Waals surface area contributed by atoms with Crippen LogP contribution in [-0.2, 0) is 6.54 Å². The lowest BCUT2D eigenvalue weighted by Gasteiger charge is -2.22. The van der Waals surface area contributed by atoms with E-state index in [0.29, 0.717) is 16.0 Å². The van der Waals surface area contributed by atoms with Crippen molar-refractivity contribution in [1.82, 2.24) is 9.55 Å². The molecule has 0 aliphatic rings. The van der Waals surface area contributed by atoms with Gasteiger partial charge in [-0.3, -0.25) is 5.32 Å². The molecule has 2 rings (SSSR count). The highest BCUT2D eigenvalue weighted by molar-refractivity contribution is 6.42. The average Bonchev–Trinajstić information content (AvgIpc) is 2.86. The van der Waals surface area contributed by atoms with Gasteiger partial charge in [0.25, 0.3) is 0 Å². The van der Waals surface area contributed by atoms with Gasteiger partial charge in [-0.1, -0.05) is 44.0 Å². The molecule has 0 fully saturated rings. The van der Waals surface area contributed by atoms with Crippen LogP contribution in [0, 0.1) is 5.41 Å². The van der Waals surface area contributed by atoms with Gasteiger partial charge in [-0.25, -0.2) is 9.98 Å². The van der Waals surface area contributed by atoms with Gasteiger partial charge in [-0.15, -0.1) is 0 Å². The normalized spacial score (nSPS) is 13.0. The molecule has 5 nitrogen and oxygen atoms in total. The van der Waals surface area contributed by atoms with Gasteiger partial charge in [-0.2, -0.15) is 0 Å². The summed E-state index contributed by atoms with van der Waals surface area (Å²) in [5.41, 5.74) is 0.659. The van der Waals surface area contributed by atoms with Crippen LogP contribution in [0.1, 0.15) is 41.5 Å². The van der Waals surface area contributed by atoms with E-state index in [0.717, 1.165) is 18.2 Å². The molecule has 1 aromatic heterocycles. The molecule has 0 saturated heterocycles. The molecule has 26 heavy (non-hydrogen) atoms. The highest BCUT2D eigenvalue weighted by atomic mass is 35.5. The SMILES string of the molecule is CC(C)(C)Cn1ccnc1NC(=NC(C)(C)C)Nc1ccc(Cl)c(Cl)c1. The lowest BCUT2D eigenvalue weighted by atomic mass is 9.97. The molecule has 2 N–H and O–H groups in total. The third kappa shape index (κ3) is 6.54. The predicted octanol–water partition coefficient (Wildman–Crippen LogP) is 5.91. The zero-order valence-corrected chi connectivity index (χ0v) is 17.7. The number of nitrogens with zero attached hydrogens (tertiary/aromatic N) is 3. The molecule has 142 valence electrons. The molecule has 1 heterocycles. The molecular formula is C19H27Cl2N5. The summed E-state index contributed by atoms with van der Waals surface area (Å²) in [6, 6.07) is 5.38. The smallest absolute Gasteiger partial charge is 0.209 e. The van der Waals surface area contributed by atoms with Crippen molar-refractivity contribution in [3.63, 3.8) is 0 Å². The Balaban J connectivity index is 2.28. The van der Waals surface area contributed by atoms with Crippen LogP contribution in [0.3, 0.4) is 0 Å². The maximum Gasteiger partial charge on any atom is 0.209 e. The van der Waals surface area contributed by atoms with Crippen molar-refractivity contribution in [3.8, 4) is 0 Å². The van der Waals surface area contributed by atoms with Gasteiger partial charge in [0.1, 0.15) is 0 Å². The Bertz CT molecular complexity index is 782. The number of benzene rings is 1. The van der Waals surface area contributed by atoms with Crippen LogP contribution in [0.25, 0.3) is 0 Å². The Hall–Kier alpha value is -1.72. The maximum absolute atomic E-state index is 6.12. The quantitative estimate of drug-likeness (QED) is 0.501. The Morgan fingerprint density at radius 2 is 1.77 bits per heavy atom. The van der Waals surface area contributed by atoms with Crippen molar-refractivity contribution in [2.75, 3.05) is 10.6 Å². The highest BCUT2D eigenvalue weighted by Crippen LogP contribution is 2.25. The monoisotopic (exact) mass is 395 g/mol. The van der Waals surface area contributed by atoms with Crippen molar-refractivity contribution in [1.29, 1.82) is 0 Å². The number of hydrogen-bond donors (Lipinski definition) is 2. The number of aliphatic imine (C=N–C) groups is 1. The molecule has 0 aliphatic carbocycles.